The van der Waals surface area contributed by atoms with Crippen molar-refractivity contribution in [3.05, 3.63) is 35.6 Å². The number of hydrogen-bond acceptors (Lipinski definition) is 5. The van der Waals surface area contributed by atoms with E-state index in [1.807, 2.05) is 19.1 Å². The van der Waals surface area contributed by atoms with Gasteiger partial charge >= 0.3 is 0 Å². The van der Waals surface area contributed by atoms with Crippen LogP contribution in [0.1, 0.15) is 17.3 Å². The molecule has 0 saturated carbocycles. The van der Waals surface area contributed by atoms with E-state index in [1.165, 1.54) is 0 Å². The molecule has 0 aromatic carbocycles. The Hall–Kier alpha value is -1.91. The summed E-state index contributed by atoms with van der Waals surface area (Å²) in [6.45, 7) is 4.28. The van der Waals surface area contributed by atoms with Gasteiger partial charge in [-0.25, -0.2) is 4.98 Å². The lowest BCUT2D eigenvalue weighted by Crippen LogP contribution is -2.01. The number of aryl methyl sites for hydroxylation is 2. The molecule has 2 rings (SSSR count). The molecule has 78 valence electrons. The molecule has 0 saturated heterocycles. The third-order valence-electron chi connectivity index (χ3n) is 1.90. The second-order valence-electron chi connectivity index (χ2n) is 3.31. The Labute approximate surface area is 87.5 Å². The number of hydrogen-bond donors (Lipinski definition) is 1. The van der Waals surface area contributed by atoms with Gasteiger partial charge in [0, 0.05) is 6.20 Å². The molecule has 0 unspecified atom stereocenters. The van der Waals surface area contributed by atoms with Crippen LogP contribution in [0, 0.1) is 13.8 Å². The lowest BCUT2D eigenvalue weighted by atomic mass is 10.3. The van der Waals surface area contributed by atoms with Crippen molar-refractivity contribution in [1.29, 1.82) is 0 Å². The molecule has 2 aromatic heterocycles. The van der Waals surface area contributed by atoms with Gasteiger partial charge in [0.25, 0.3) is 0 Å². The molecule has 0 radical (unpaired) electrons. The Morgan fingerprint density at radius 1 is 1.33 bits per heavy atom. The Kier molecular flexibility index (Phi) is 2.62. The molecule has 5 heteroatoms. The molecule has 0 amide bonds. The van der Waals surface area contributed by atoms with Crippen LogP contribution in [0.15, 0.2) is 22.9 Å². The summed E-state index contributed by atoms with van der Waals surface area (Å²) in [7, 11) is 0. The van der Waals surface area contributed by atoms with E-state index in [-0.39, 0.29) is 0 Å². The molecule has 1 N–H and O–H groups in total. The number of anilines is 1. The van der Waals surface area contributed by atoms with Crippen molar-refractivity contribution in [3.8, 4) is 0 Å². The van der Waals surface area contributed by atoms with E-state index in [9.17, 15) is 0 Å². The Morgan fingerprint density at radius 2 is 2.20 bits per heavy atom. The van der Waals surface area contributed by atoms with Gasteiger partial charge in [0.1, 0.15) is 5.82 Å². The minimum atomic E-state index is 0.497. The van der Waals surface area contributed by atoms with Crippen molar-refractivity contribution in [2.75, 3.05) is 5.32 Å². The van der Waals surface area contributed by atoms with E-state index in [2.05, 4.69) is 20.4 Å². The second-order valence-corrected chi connectivity index (χ2v) is 3.31. The normalized spacial score (nSPS) is 10.3. The Morgan fingerprint density at radius 3 is 2.80 bits per heavy atom. The average molecular weight is 204 g/mol. The van der Waals surface area contributed by atoms with E-state index in [1.54, 1.807) is 13.1 Å². The topological polar surface area (TPSA) is 63.8 Å². The van der Waals surface area contributed by atoms with Gasteiger partial charge in [-0.15, -0.1) is 0 Å². The molecule has 0 bridgehead atoms. The maximum atomic E-state index is 4.96. The molecular formula is C10H12N4O. The molecule has 0 atom stereocenters. The standard InChI is InChI=1S/C10H12N4O/c1-7-3-4-9(11-5-7)12-6-10-13-8(2)14-15-10/h3-5H,6H2,1-2H3,(H,11,12). The van der Waals surface area contributed by atoms with Gasteiger partial charge in [0.15, 0.2) is 5.82 Å². The molecule has 0 spiro atoms. The first-order valence-corrected chi connectivity index (χ1v) is 4.70. The largest absolute Gasteiger partial charge is 0.361 e. The van der Waals surface area contributed by atoms with E-state index in [4.69, 9.17) is 4.52 Å². The first kappa shape index (κ1) is 9.64. The number of aromatic nitrogens is 3. The van der Waals surface area contributed by atoms with Crippen molar-refractivity contribution < 1.29 is 4.52 Å². The van der Waals surface area contributed by atoms with Crippen molar-refractivity contribution in [2.24, 2.45) is 0 Å². The zero-order chi connectivity index (χ0) is 10.7. The van der Waals surface area contributed by atoms with Gasteiger partial charge in [0.2, 0.25) is 5.89 Å². The molecule has 0 aliphatic carbocycles. The number of rotatable bonds is 3. The van der Waals surface area contributed by atoms with Crippen LogP contribution in [0.4, 0.5) is 5.82 Å². The fourth-order valence-electron chi connectivity index (χ4n) is 1.15. The van der Waals surface area contributed by atoms with Gasteiger partial charge in [0.05, 0.1) is 6.54 Å². The Bertz CT molecular complexity index is 435. The summed E-state index contributed by atoms with van der Waals surface area (Å²) in [4.78, 5) is 8.27. The summed E-state index contributed by atoms with van der Waals surface area (Å²) in [5.74, 6) is 2.01. The van der Waals surface area contributed by atoms with Gasteiger partial charge in [-0.2, -0.15) is 4.98 Å². The van der Waals surface area contributed by atoms with Crippen LogP contribution >= 0.6 is 0 Å². The van der Waals surface area contributed by atoms with E-state index in [0.717, 1.165) is 11.4 Å². The van der Waals surface area contributed by atoms with Crippen molar-refractivity contribution >= 4 is 5.82 Å². The molecule has 0 aliphatic heterocycles. The summed E-state index contributed by atoms with van der Waals surface area (Å²) >= 11 is 0. The van der Waals surface area contributed by atoms with Crippen LogP contribution in [-0.2, 0) is 6.54 Å². The fraction of sp³-hybridized carbons (Fsp3) is 0.300. The highest BCUT2D eigenvalue weighted by molar-refractivity contribution is 5.35. The summed E-state index contributed by atoms with van der Waals surface area (Å²) in [6, 6.07) is 3.91. The van der Waals surface area contributed by atoms with Crippen LogP contribution in [0.25, 0.3) is 0 Å². The first-order chi connectivity index (χ1) is 7.24. The van der Waals surface area contributed by atoms with Crippen LogP contribution in [-0.4, -0.2) is 15.1 Å². The molecule has 2 aromatic rings. The molecule has 5 nitrogen and oxygen atoms in total. The van der Waals surface area contributed by atoms with Gasteiger partial charge in [-0.3, -0.25) is 0 Å². The SMILES string of the molecule is Cc1ccc(NCc2nc(C)no2)nc1. The maximum Gasteiger partial charge on any atom is 0.245 e. The van der Waals surface area contributed by atoms with E-state index in [0.29, 0.717) is 18.3 Å². The second kappa shape index (κ2) is 4.08. The first-order valence-electron chi connectivity index (χ1n) is 4.70. The predicted octanol–water partition coefficient (Wildman–Crippen LogP) is 1.69. The summed E-state index contributed by atoms with van der Waals surface area (Å²) in [5.41, 5.74) is 1.13. The van der Waals surface area contributed by atoms with E-state index >= 15 is 0 Å². The van der Waals surface area contributed by atoms with Gasteiger partial charge in [-0.1, -0.05) is 11.2 Å². The lowest BCUT2D eigenvalue weighted by Gasteiger charge is -2.01. The van der Waals surface area contributed by atoms with Crippen LogP contribution in [0.2, 0.25) is 0 Å². The van der Waals surface area contributed by atoms with Crippen molar-refractivity contribution in [3.63, 3.8) is 0 Å². The van der Waals surface area contributed by atoms with Crippen LogP contribution in [0.3, 0.4) is 0 Å². The van der Waals surface area contributed by atoms with Crippen molar-refractivity contribution in [1.82, 2.24) is 15.1 Å². The highest BCUT2D eigenvalue weighted by atomic mass is 16.5. The molecule has 15 heavy (non-hydrogen) atoms. The lowest BCUT2D eigenvalue weighted by molar-refractivity contribution is 0.379. The average Bonchev–Trinajstić information content (AvgIpc) is 2.64. The Balaban J connectivity index is 1.96. The number of nitrogens with one attached hydrogen (secondary N) is 1. The third kappa shape index (κ3) is 2.52. The zero-order valence-corrected chi connectivity index (χ0v) is 8.69. The van der Waals surface area contributed by atoms with Gasteiger partial charge in [-0.05, 0) is 25.5 Å². The summed E-state index contributed by atoms with van der Waals surface area (Å²) < 4.78 is 4.96. The summed E-state index contributed by atoms with van der Waals surface area (Å²) in [5, 5.41) is 6.79. The van der Waals surface area contributed by atoms with E-state index < -0.39 is 0 Å². The minimum Gasteiger partial charge on any atom is -0.361 e. The molecular weight excluding hydrogens is 192 g/mol. The number of nitrogens with zero attached hydrogens (tertiary/aromatic N) is 3. The minimum absolute atomic E-state index is 0.497. The third-order valence-corrected chi connectivity index (χ3v) is 1.90. The quantitative estimate of drug-likeness (QED) is 0.824. The van der Waals surface area contributed by atoms with Crippen LogP contribution < -0.4 is 5.32 Å². The fourth-order valence-corrected chi connectivity index (χ4v) is 1.15. The highest BCUT2D eigenvalue weighted by Crippen LogP contribution is 2.05. The summed E-state index contributed by atoms with van der Waals surface area (Å²) in [6.07, 6.45) is 1.81. The molecule has 2 heterocycles. The molecule has 0 aliphatic rings. The monoisotopic (exact) mass is 204 g/mol. The predicted molar refractivity (Wildman–Crippen MR) is 55.3 cm³/mol. The smallest absolute Gasteiger partial charge is 0.245 e. The number of pyridine rings is 1. The highest BCUT2D eigenvalue weighted by Gasteiger charge is 2.01. The van der Waals surface area contributed by atoms with Crippen molar-refractivity contribution in [2.45, 2.75) is 20.4 Å². The maximum absolute atomic E-state index is 4.96. The van der Waals surface area contributed by atoms with Gasteiger partial charge < -0.3 is 9.84 Å². The van der Waals surface area contributed by atoms with Crippen LogP contribution in [0.5, 0.6) is 0 Å². The molecule has 0 fully saturated rings. The zero-order valence-electron chi connectivity index (χ0n) is 8.69.